The van der Waals surface area contributed by atoms with Gasteiger partial charge in [0, 0.05) is 17.9 Å². The molecule has 4 aromatic rings. The van der Waals surface area contributed by atoms with E-state index in [9.17, 15) is 0 Å². The maximum Gasteiger partial charge on any atom is 0.159 e. The molecule has 2 atom stereocenters. The molecule has 0 radical (unpaired) electrons. The highest BCUT2D eigenvalue weighted by Crippen LogP contribution is 2.55. The monoisotopic (exact) mass is 362 g/mol. The Balaban J connectivity index is 1.48. The summed E-state index contributed by atoms with van der Waals surface area (Å²) in [4.78, 5) is 18.4. The quantitative estimate of drug-likeness (QED) is 0.553. The fourth-order valence-electron chi connectivity index (χ4n) is 3.45. The second kappa shape index (κ2) is 5.67. The average Bonchev–Trinajstić information content (AvgIpc) is 3.18. The second-order valence-corrected chi connectivity index (χ2v) is 7.85. The number of hydrogen-bond acceptors (Lipinski definition) is 6. The van der Waals surface area contributed by atoms with Crippen molar-refractivity contribution in [2.45, 2.75) is 39.0 Å². The molecule has 2 unspecified atom stereocenters. The SMILES string of the molecule is Cc1nc(C2CC2c2nc3ccccc3s2)cc(-n2nc(C)nc2C)n1. The van der Waals surface area contributed by atoms with E-state index in [4.69, 9.17) is 9.97 Å². The van der Waals surface area contributed by atoms with Crippen molar-refractivity contribution in [2.24, 2.45) is 0 Å². The second-order valence-electron chi connectivity index (χ2n) is 6.78. The lowest BCUT2D eigenvalue weighted by atomic mass is 10.2. The highest BCUT2D eigenvalue weighted by atomic mass is 32.1. The van der Waals surface area contributed by atoms with E-state index >= 15 is 0 Å². The molecule has 1 aliphatic carbocycles. The lowest BCUT2D eigenvalue weighted by Gasteiger charge is -2.06. The summed E-state index contributed by atoms with van der Waals surface area (Å²) in [5.41, 5.74) is 2.16. The summed E-state index contributed by atoms with van der Waals surface area (Å²) in [6.07, 6.45) is 1.09. The van der Waals surface area contributed by atoms with E-state index in [2.05, 4.69) is 33.3 Å². The minimum atomic E-state index is 0.404. The lowest BCUT2D eigenvalue weighted by Crippen LogP contribution is -2.06. The summed E-state index contributed by atoms with van der Waals surface area (Å²) in [5, 5.41) is 5.66. The number of thiazole rings is 1. The van der Waals surface area contributed by atoms with Gasteiger partial charge in [-0.1, -0.05) is 12.1 Å². The molecule has 1 aliphatic rings. The van der Waals surface area contributed by atoms with Crippen LogP contribution in [0.4, 0.5) is 0 Å². The first-order chi connectivity index (χ1) is 12.6. The number of hydrogen-bond donors (Lipinski definition) is 0. The summed E-state index contributed by atoms with van der Waals surface area (Å²) in [6.45, 7) is 5.77. The molecule has 1 saturated carbocycles. The third kappa shape index (κ3) is 2.59. The molecule has 130 valence electrons. The van der Waals surface area contributed by atoms with Gasteiger partial charge < -0.3 is 0 Å². The van der Waals surface area contributed by atoms with E-state index in [1.165, 1.54) is 9.71 Å². The predicted octanol–water partition coefficient (Wildman–Crippen LogP) is 3.86. The molecular formula is C19H18N6S. The summed E-state index contributed by atoms with van der Waals surface area (Å²) in [6, 6.07) is 10.4. The van der Waals surface area contributed by atoms with Crippen LogP contribution in [0, 0.1) is 20.8 Å². The van der Waals surface area contributed by atoms with Gasteiger partial charge in [-0.3, -0.25) is 0 Å². The van der Waals surface area contributed by atoms with E-state index in [0.717, 1.165) is 40.9 Å². The number of rotatable bonds is 3. The van der Waals surface area contributed by atoms with Crippen LogP contribution in [0.25, 0.3) is 16.0 Å². The van der Waals surface area contributed by atoms with E-state index in [1.54, 1.807) is 16.0 Å². The largest absolute Gasteiger partial charge is 0.241 e. The smallest absolute Gasteiger partial charge is 0.159 e. The molecule has 6 nitrogen and oxygen atoms in total. The van der Waals surface area contributed by atoms with Crippen molar-refractivity contribution in [3.63, 3.8) is 0 Å². The van der Waals surface area contributed by atoms with Crippen LogP contribution < -0.4 is 0 Å². The molecule has 0 N–H and O–H groups in total. The van der Waals surface area contributed by atoms with Gasteiger partial charge in [-0.15, -0.1) is 16.4 Å². The van der Waals surface area contributed by atoms with Crippen LogP contribution in [0.15, 0.2) is 30.3 Å². The van der Waals surface area contributed by atoms with Crippen molar-refractivity contribution >= 4 is 21.6 Å². The Bertz CT molecular complexity index is 1100. The molecule has 0 saturated heterocycles. The molecule has 3 heterocycles. The van der Waals surface area contributed by atoms with Crippen LogP contribution in [0.2, 0.25) is 0 Å². The molecule has 0 amide bonds. The van der Waals surface area contributed by atoms with Crippen LogP contribution in [-0.2, 0) is 0 Å². The van der Waals surface area contributed by atoms with Crippen molar-refractivity contribution in [3.05, 3.63) is 58.5 Å². The van der Waals surface area contributed by atoms with Gasteiger partial charge >= 0.3 is 0 Å². The average molecular weight is 362 g/mol. The highest BCUT2D eigenvalue weighted by Gasteiger charge is 2.43. The first kappa shape index (κ1) is 15.6. The first-order valence-corrected chi connectivity index (χ1v) is 9.52. The number of nitrogens with zero attached hydrogens (tertiary/aromatic N) is 6. The first-order valence-electron chi connectivity index (χ1n) is 8.70. The predicted molar refractivity (Wildman–Crippen MR) is 101 cm³/mol. The van der Waals surface area contributed by atoms with Gasteiger partial charge in [-0.2, -0.15) is 4.68 Å². The Labute approximate surface area is 155 Å². The van der Waals surface area contributed by atoms with Gasteiger partial charge in [0.15, 0.2) is 5.82 Å². The minimum absolute atomic E-state index is 0.404. The zero-order valence-electron chi connectivity index (χ0n) is 14.8. The Morgan fingerprint density at radius 3 is 2.58 bits per heavy atom. The third-order valence-corrected chi connectivity index (χ3v) is 5.90. The summed E-state index contributed by atoms with van der Waals surface area (Å²) in [7, 11) is 0. The normalized spacial score (nSPS) is 19.2. The Morgan fingerprint density at radius 2 is 1.81 bits per heavy atom. The van der Waals surface area contributed by atoms with Crippen LogP contribution in [0.5, 0.6) is 0 Å². The van der Waals surface area contributed by atoms with Crippen LogP contribution in [-0.4, -0.2) is 29.7 Å². The molecule has 5 rings (SSSR count). The van der Waals surface area contributed by atoms with E-state index < -0.39 is 0 Å². The molecule has 1 aromatic carbocycles. The van der Waals surface area contributed by atoms with Crippen molar-refractivity contribution < 1.29 is 0 Å². The molecule has 1 fully saturated rings. The summed E-state index contributed by atoms with van der Waals surface area (Å²) >= 11 is 1.79. The Hall–Kier alpha value is -2.67. The van der Waals surface area contributed by atoms with Crippen molar-refractivity contribution in [2.75, 3.05) is 0 Å². The number of fused-ring (bicyclic) bond motifs is 1. The highest BCUT2D eigenvalue weighted by molar-refractivity contribution is 7.18. The third-order valence-electron chi connectivity index (χ3n) is 4.73. The van der Waals surface area contributed by atoms with Gasteiger partial charge in [0.1, 0.15) is 17.5 Å². The number of para-hydroxylation sites is 1. The van der Waals surface area contributed by atoms with E-state index in [-0.39, 0.29) is 0 Å². The maximum absolute atomic E-state index is 4.82. The van der Waals surface area contributed by atoms with Crippen molar-refractivity contribution in [1.82, 2.24) is 29.7 Å². The van der Waals surface area contributed by atoms with Crippen LogP contribution >= 0.6 is 11.3 Å². The van der Waals surface area contributed by atoms with Gasteiger partial charge in [-0.25, -0.2) is 19.9 Å². The molecular weight excluding hydrogens is 344 g/mol. The van der Waals surface area contributed by atoms with Gasteiger partial charge in [0.05, 0.1) is 20.9 Å². The number of benzene rings is 1. The zero-order valence-corrected chi connectivity index (χ0v) is 15.7. The van der Waals surface area contributed by atoms with Gasteiger partial charge in [-0.05, 0) is 39.3 Å². The fourth-order valence-corrected chi connectivity index (χ4v) is 4.60. The standard InChI is InChI=1S/C19H18N6S/c1-10-21-16(9-18(22-10)25-12(3)20-11(2)24-25)13-8-14(13)19-23-15-6-4-5-7-17(15)26-19/h4-7,9,13-14H,8H2,1-3H3. The topological polar surface area (TPSA) is 69.4 Å². The summed E-state index contributed by atoms with van der Waals surface area (Å²) in [5.74, 6) is 4.00. The summed E-state index contributed by atoms with van der Waals surface area (Å²) < 4.78 is 3.05. The molecule has 0 aliphatic heterocycles. The fraction of sp³-hybridized carbons (Fsp3) is 0.316. The Morgan fingerprint density at radius 1 is 0.962 bits per heavy atom. The molecule has 3 aromatic heterocycles. The molecule has 26 heavy (non-hydrogen) atoms. The van der Waals surface area contributed by atoms with Crippen molar-refractivity contribution in [3.8, 4) is 5.82 Å². The van der Waals surface area contributed by atoms with Crippen LogP contribution in [0.1, 0.15) is 46.4 Å². The molecule has 0 bridgehead atoms. The van der Waals surface area contributed by atoms with Crippen molar-refractivity contribution in [1.29, 1.82) is 0 Å². The van der Waals surface area contributed by atoms with Gasteiger partial charge in [0.25, 0.3) is 0 Å². The number of aryl methyl sites for hydroxylation is 3. The Kier molecular flexibility index (Phi) is 3.40. The van der Waals surface area contributed by atoms with E-state index in [0.29, 0.717) is 11.8 Å². The molecule has 0 spiro atoms. The maximum atomic E-state index is 4.82. The zero-order chi connectivity index (χ0) is 17.8. The number of aromatic nitrogens is 6. The lowest BCUT2D eigenvalue weighted by molar-refractivity contribution is 0.778. The van der Waals surface area contributed by atoms with Gasteiger partial charge in [0.2, 0.25) is 0 Å². The van der Waals surface area contributed by atoms with Crippen LogP contribution in [0.3, 0.4) is 0 Å². The molecule has 7 heteroatoms. The van der Waals surface area contributed by atoms with E-state index in [1.807, 2.05) is 32.9 Å². The minimum Gasteiger partial charge on any atom is -0.241 e.